The van der Waals surface area contributed by atoms with Crippen LogP contribution in [0, 0.1) is 0 Å². The lowest BCUT2D eigenvalue weighted by molar-refractivity contribution is 0.0783. The average molecular weight is 370 g/mol. The lowest BCUT2D eigenvalue weighted by Crippen LogP contribution is -2.26. The highest BCUT2D eigenvalue weighted by atomic mass is 35.5. The molecule has 2 aromatic carbocycles. The molecule has 0 aliphatic carbocycles. The number of nitrogens with zero attached hydrogens (tertiary/aromatic N) is 3. The second-order valence-electron chi connectivity index (χ2n) is 6.08. The summed E-state index contributed by atoms with van der Waals surface area (Å²) in [6.07, 6.45) is 1.86. The maximum Gasteiger partial charge on any atom is 0.253 e. The molecule has 134 valence electrons. The number of carbonyl (C=O) groups excluding carboxylic acids is 1. The predicted molar refractivity (Wildman–Crippen MR) is 101 cm³/mol. The predicted octanol–water partition coefficient (Wildman–Crippen LogP) is 3.92. The Morgan fingerprint density at radius 3 is 2.65 bits per heavy atom. The molecule has 0 aliphatic rings. The number of hydrogen-bond acceptors (Lipinski definition) is 3. The van der Waals surface area contributed by atoms with Gasteiger partial charge in [-0.15, -0.1) is 0 Å². The van der Waals surface area contributed by atoms with Crippen LogP contribution in [0.25, 0.3) is 0 Å². The molecule has 0 radical (unpaired) electrons. The van der Waals surface area contributed by atoms with Crippen LogP contribution in [0.1, 0.15) is 21.6 Å². The topological polar surface area (TPSA) is 47.4 Å². The van der Waals surface area contributed by atoms with Crippen molar-refractivity contribution in [3.8, 4) is 5.75 Å². The summed E-state index contributed by atoms with van der Waals surface area (Å²) in [5.41, 5.74) is 2.41. The van der Waals surface area contributed by atoms with E-state index in [2.05, 4.69) is 5.10 Å². The normalized spacial score (nSPS) is 10.6. The summed E-state index contributed by atoms with van der Waals surface area (Å²) in [5, 5.41) is 4.97. The first-order valence-corrected chi connectivity index (χ1v) is 8.60. The van der Waals surface area contributed by atoms with E-state index in [0.717, 1.165) is 17.0 Å². The van der Waals surface area contributed by atoms with Crippen molar-refractivity contribution in [2.75, 3.05) is 7.05 Å². The molecular weight excluding hydrogens is 350 g/mol. The SMILES string of the molecule is CN(Cc1ccn(C)n1)C(=O)c1cccc(COc2ccc(Cl)cc2)c1. The van der Waals surface area contributed by atoms with Crippen LogP contribution in [0.2, 0.25) is 5.02 Å². The molecule has 0 fully saturated rings. The Morgan fingerprint density at radius 2 is 1.96 bits per heavy atom. The first-order chi connectivity index (χ1) is 12.5. The minimum absolute atomic E-state index is 0.0519. The van der Waals surface area contributed by atoms with E-state index in [4.69, 9.17) is 16.3 Å². The van der Waals surface area contributed by atoms with Gasteiger partial charge in [-0.25, -0.2) is 0 Å². The molecule has 3 aromatic rings. The highest BCUT2D eigenvalue weighted by Gasteiger charge is 2.13. The summed E-state index contributed by atoms with van der Waals surface area (Å²) >= 11 is 5.87. The fourth-order valence-electron chi connectivity index (χ4n) is 2.57. The van der Waals surface area contributed by atoms with Gasteiger partial charge in [0, 0.05) is 30.9 Å². The van der Waals surface area contributed by atoms with Gasteiger partial charge >= 0.3 is 0 Å². The number of ether oxygens (including phenoxy) is 1. The summed E-state index contributed by atoms with van der Waals surface area (Å²) in [6.45, 7) is 0.845. The van der Waals surface area contributed by atoms with Gasteiger partial charge in [0.25, 0.3) is 5.91 Å². The Hall–Kier alpha value is -2.79. The van der Waals surface area contributed by atoms with Crippen molar-refractivity contribution in [2.24, 2.45) is 7.05 Å². The molecular formula is C20H20ClN3O2. The average Bonchev–Trinajstić information content (AvgIpc) is 3.05. The monoisotopic (exact) mass is 369 g/mol. The molecule has 1 heterocycles. The number of aryl methyl sites for hydroxylation is 1. The number of benzene rings is 2. The summed E-state index contributed by atoms with van der Waals surface area (Å²) < 4.78 is 7.47. The fraction of sp³-hybridized carbons (Fsp3) is 0.200. The van der Waals surface area contributed by atoms with Crippen LogP contribution in [0.3, 0.4) is 0 Å². The lowest BCUT2D eigenvalue weighted by atomic mass is 10.1. The number of aromatic nitrogens is 2. The molecule has 6 heteroatoms. The van der Waals surface area contributed by atoms with Crippen molar-refractivity contribution in [2.45, 2.75) is 13.2 Å². The molecule has 0 atom stereocenters. The van der Waals surface area contributed by atoms with Gasteiger partial charge in [0.05, 0.1) is 12.2 Å². The van der Waals surface area contributed by atoms with Crippen LogP contribution in [-0.4, -0.2) is 27.6 Å². The molecule has 0 spiro atoms. The van der Waals surface area contributed by atoms with Crippen LogP contribution >= 0.6 is 11.6 Å². The number of amides is 1. The van der Waals surface area contributed by atoms with Crippen molar-refractivity contribution in [3.05, 3.63) is 82.6 Å². The Labute approximate surface area is 157 Å². The molecule has 26 heavy (non-hydrogen) atoms. The van der Waals surface area contributed by atoms with Crippen LogP contribution in [0.4, 0.5) is 0 Å². The van der Waals surface area contributed by atoms with E-state index in [1.54, 1.807) is 28.8 Å². The molecule has 1 aromatic heterocycles. The van der Waals surface area contributed by atoms with Gasteiger partial charge in [0.1, 0.15) is 12.4 Å². The molecule has 0 saturated carbocycles. The fourth-order valence-corrected chi connectivity index (χ4v) is 2.70. The van der Waals surface area contributed by atoms with Crippen molar-refractivity contribution in [3.63, 3.8) is 0 Å². The van der Waals surface area contributed by atoms with Crippen molar-refractivity contribution in [1.29, 1.82) is 0 Å². The Bertz CT molecular complexity index is 890. The van der Waals surface area contributed by atoms with E-state index in [0.29, 0.717) is 23.7 Å². The first-order valence-electron chi connectivity index (χ1n) is 8.22. The zero-order valence-electron chi connectivity index (χ0n) is 14.7. The number of hydrogen-bond donors (Lipinski definition) is 0. The molecule has 5 nitrogen and oxygen atoms in total. The van der Waals surface area contributed by atoms with Crippen LogP contribution in [0.5, 0.6) is 5.75 Å². The third-order valence-electron chi connectivity index (χ3n) is 3.91. The molecule has 3 rings (SSSR count). The van der Waals surface area contributed by atoms with Crippen molar-refractivity contribution >= 4 is 17.5 Å². The Balaban J connectivity index is 1.63. The Kier molecular flexibility index (Phi) is 5.58. The highest BCUT2D eigenvalue weighted by molar-refractivity contribution is 6.30. The van der Waals surface area contributed by atoms with Gasteiger partial charge in [0.15, 0.2) is 0 Å². The highest BCUT2D eigenvalue weighted by Crippen LogP contribution is 2.17. The molecule has 0 saturated heterocycles. The van der Waals surface area contributed by atoms with Gasteiger partial charge < -0.3 is 9.64 Å². The van der Waals surface area contributed by atoms with Crippen LogP contribution in [-0.2, 0) is 20.2 Å². The molecule has 0 N–H and O–H groups in total. The second kappa shape index (κ2) is 8.06. The number of rotatable bonds is 6. The third-order valence-corrected chi connectivity index (χ3v) is 4.16. The van der Waals surface area contributed by atoms with E-state index in [-0.39, 0.29) is 5.91 Å². The molecule has 0 unspecified atom stereocenters. The smallest absolute Gasteiger partial charge is 0.253 e. The largest absolute Gasteiger partial charge is 0.489 e. The molecule has 1 amide bonds. The van der Waals surface area contributed by atoms with E-state index in [1.165, 1.54) is 0 Å². The summed E-state index contributed by atoms with van der Waals surface area (Å²) in [5.74, 6) is 0.683. The van der Waals surface area contributed by atoms with Gasteiger partial charge in [-0.3, -0.25) is 9.48 Å². The van der Waals surface area contributed by atoms with Gasteiger partial charge in [-0.05, 0) is 48.0 Å². The van der Waals surface area contributed by atoms with Gasteiger partial charge in [-0.1, -0.05) is 23.7 Å². The first kappa shape index (κ1) is 18.0. The van der Waals surface area contributed by atoms with Crippen LogP contribution < -0.4 is 4.74 Å². The minimum Gasteiger partial charge on any atom is -0.489 e. The zero-order valence-corrected chi connectivity index (χ0v) is 15.5. The van der Waals surface area contributed by atoms with E-state index in [9.17, 15) is 4.79 Å². The third kappa shape index (κ3) is 4.64. The summed E-state index contributed by atoms with van der Waals surface area (Å²) in [6, 6.07) is 16.6. The molecule has 0 bridgehead atoms. The van der Waals surface area contributed by atoms with E-state index >= 15 is 0 Å². The standard InChI is InChI=1S/C20H20ClN3O2/c1-23(13-18-10-11-24(2)22-18)20(25)16-5-3-4-15(12-16)14-26-19-8-6-17(21)7-9-19/h3-12H,13-14H2,1-2H3. The molecule has 0 aliphatic heterocycles. The lowest BCUT2D eigenvalue weighted by Gasteiger charge is -2.16. The van der Waals surface area contributed by atoms with Crippen molar-refractivity contribution < 1.29 is 9.53 Å². The number of halogens is 1. The van der Waals surface area contributed by atoms with Gasteiger partial charge in [-0.2, -0.15) is 5.10 Å². The summed E-state index contributed by atoms with van der Waals surface area (Å²) in [7, 11) is 3.63. The van der Waals surface area contributed by atoms with Crippen molar-refractivity contribution in [1.82, 2.24) is 14.7 Å². The quantitative estimate of drug-likeness (QED) is 0.661. The maximum atomic E-state index is 12.7. The van der Waals surface area contributed by atoms with E-state index < -0.39 is 0 Å². The zero-order chi connectivity index (χ0) is 18.5. The summed E-state index contributed by atoms with van der Waals surface area (Å²) in [4.78, 5) is 14.3. The minimum atomic E-state index is -0.0519. The maximum absolute atomic E-state index is 12.7. The van der Waals surface area contributed by atoms with Gasteiger partial charge in [0.2, 0.25) is 0 Å². The van der Waals surface area contributed by atoms with Crippen LogP contribution in [0.15, 0.2) is 60.8 Å². The Morgan fingerprint density at radius 1 is 1.19 bits per heavy atom. The number of carbonyl (C=O) groups is 1. The second-order valence-corrected chi connectivity index (χ2v) is 6.52. The van der Waals surface area contributed by atoms with E-state index in [1.807, 2.05) is 55.7 Å².